The van der Waals surface area contributed by atoms with Gasteiger partial charge in [-0.05, 0) is 63.2 Å². The highest BCUT2D eigenvalue weighted by atomic mass is 32.1. The molecule has 8 heteroatoms. The lowest BCUT2D eigenvalue weighted by atomic mass is 10.1. The molecule has 190 valence electrons. The van der Waals surface area contributed by atoms with Crippen molar-refractivity contribution in [2.75, 3.05) is 26.2 Å². The van der Waals surface area contributed by atoms with Gasteiger partial charge >= 0.3 is 0 Å². The first-order chi connectivity index (χ1) is 17.6. The molecule has 3 aromatic rings. The third kappa shape index (κ3) is 4.84. The molecule has 2 aromatic heterocycles. The van der Waals surface area contributed by atoms with Gasteiger partial charge in [-0.15, -0.1) is 0 Å². The lowest BCUT2D eigenvalue weighted by Gasteiger charge is -2.21. The molecular weight excluding hydrogens is 472 g/mol. The number of hydrogen-bond donors (Lipinski definition) is 1. The fourth-order valence-corrected chi connectivity index (χ4v) is 6.18. The van der Waals surface area contributed by atoms with Crippen LogP contribution in [0, 0.1) is 0 Å². The second kappa shape index (κ2) is 11.0. The summed E-state index contributed by atoms with van der Waals surface area (Å²) in [4.78, 5) is 37.6. The molecule has 1 aliphatic heterocycles. The van der Waals surface area contributed by atoms with Gasteiger partial charge in [0, 0.05) is 18.7 Å². The number of hydrogen-bond acceptors (Lipinski definition) is 6. The summed E-state index contributed by atoms with van der Waals surface area (Å²) in [7, 11) is 0. The van der Waals surface area contributed by atoms with Gasteiger partial charge in [-0.1, -0.05) is 49.7 Å². The van der Waals surface area contributed by atoms with Crippen LogP contribution in [0.5, 0.6) is 5.75 Å². The first-order valence-electron chi connectivity index (χ1n) is 13.1. The van der Waals surface area contributed by atoms with Crippen LogP contribution in [0.25, 0.3) is 22.7 Å². The quantitative estimate of drug-likeness (QED) is 0.518. The van der Waals surface area contributed by atoms with E-state index >= 15 is 0 Å². The smallest absolute Gasteiger partial charge is 0.275 e. The second-order valence-electron chi connectivity index (χ2n) is 9.46. The van der Waals surface area contributed by atoms with Crippen LogP contribution in [-0.2, 0) is 13.0 Å². The lowest BCUT2D eigenvalue weighted by molar-refractivity contribution is 0.284. The lowest BCUT2D eigenvalue weighted by Crippen LogP contribution is -2.26. The average molecular weight is 507 g/mol. The van der Waals surface area contributed by atoms with Gasteiger partial charge in [-0.2, -0.15) is 0 Å². The van der Waals surface area contributed by atoms with Gasteiger partial charge in [-0.25, -0.2) is 4.98 Å². The largest absolute Gasteiger partial charge is 0.491 e. The van der Waals surface area contributed by atoms with Gasteiger partial charge in [-0.3, -0.25) is 13.5 Å². The fraction of sp³-hybridized carbons (Fsp3) is 0.464. The maximum Gasteiger partial charge on any atom is 0.275 e. The zero-order valence-electron chi connectivity index (χ0n) is 21.1. The normalized spacial score (nSPS) is 15.6. The number of aryl methyl sites for hydroxylation is 1. The van der Waals surface area contributed by atoms with E-state index in [2.05, 4.69) is 29.8 Å². The summed E-state index contributed by atoms with van der Waals surface area (Å²) >= 11 is 1.44. The van der Waals surface area contributed by atoms with E-state index in [9.17, 15) is 9.59 Å². The molecule has 2 aliphatic rings. The van der Waals surface area contributed by atoms with E-state index in [1.54, 1.807) is 0 Å². The molecule has 0 unspecified atom stereocenters. The summed E-state index contributed by atoms with van der Waals surface area (Å²) in [6.45, 7) is 8.69. The van der Waals surface area contributed by atoms with Crippen molar-refractivity contribution in [3.63, 3.8) is 0 Å². The number of ether oxygens (including phenoxy) is 1. The molecule has 1 N–H and O–H groups in total. The van der Waals surface area contributed by atoms with Crippen molar-refractivity contribution in [2.24, 2.45) is 0 Å². The molecular formula is C28H34N4O3S. The number of nitrogens with zero attached hydrogens (tertiary/aromatic N) is 3. The highest BCUT2D eigenvalue weighted by Gasteiger charge is 2.24. The number of likely N-dealkylation sites (N-methyl/N-ethyl adjacent to an activating group) is 1. The van der Waals surface area contributed by atoms with Gasteiger partial charge in [0.2, 0.25) is 0 Å². The van der Waals surface area contributed by atoms with Crippen molar-refractivity contribution in [2.45, 2.75) is 58.9 Å². The van der Waals surface area contributed by atoms with E-state index in [1.165, 1.54) is 11.5 Å². The van der Waals surface area contributed by atoms with Gasteiger partial charge in [0.15, 0.2) is 0 Å². The maximum atomic E-state index is 13.3. The first-order valence-corrected chi connectivity index (χ1v) is 13.9. The molecule has 1 aliphatic carbocycles. The summed E-state index contributed by atoms with van der Waals surface area (Å²) in [6.07, 6.45) is 11.3. The van der Waals surface area contributed by atoms with Gasteiger partial charge in [0.1, 0.15) is 17.0 Å². The van der Waals surface area contributed by atoms with Crippen LogP contribution in [0.15, 0.2) is 33.9 Å². The SMILES string of the molecule is CCCN(CC)CCc1ccc2[nH]c(=O)c3nc2c1OCCCCCn1sc2c(c1=O)C=CCC=C23. The van der Waals surface area contributed by atoms with Gasteiger partial charge in [0.05, 0.1) is 22.6 Å². The van der Waals surface area contributed by atoms with Crippen LogP contribution in [0.3, 0.4) is 0 Å². The Morgan fingerprint density at radius 2 is 2.06 bits per heavy atom. The summed E-state index contributed by atoms with van der Waals surface area (Å²) in [6, 6.07) is 4.01. The molecule has 7 nitrogen and oxygen atoms in total. The molecule has 0 spiro atoms. The molecule has 3 heterocycles. The predicted octanol–water partition coefficient (Wildman–Crippen LogP) is 4.83. The number of fused-ring (bicyclic) bond motifs is 3. The Balaban J connectivity index is 1.66. The molecule has 5 rings (SSSR count). The molecule has 0 radical (unpaired) electrons. The van der Waals surface area contributed by atoms with Gasteiger partial charge < -0.3 is 14.6 Å². The third-order valence-corrected chi connectivity index (χ3v) is 8.17. The molecule has 0 amide bonds. The van der Waals surface area contributed by atoms with E-state index in [0.29, 0.717) is 41.9 Å². The zero-order chi connectivity index (χ0) is 25.1. The predicted molar refractivity (Wildman–Crippen MR) is 147 cm³/mol. The van der Waals surface area contributed by atoms with Crippen molar-refractivity contribution in [1.82, 2.24) is 18.8 Å². The summed E-state index contributed by atoms with van der Waals surface area (Å²) in [5.74, 6) is 0.771. The Hall–Kier alpha value is -2.97. The number of aromatic nitrogens is 3. The van der Waals surface area contributed by atoms with Crippen LogP contribution < -0.4 is 15.9 Å². The van der Waals surface area contributed by atoms with Gasteiger partial charge in [0.25, 0.3) is 11.1 Å². The molecule has 0 saturated carbocycles. The molecule has 4 bridgehead atoms. The maximum absolute atomic E-state index is 13.3. The van der Waals surface area contributed by atoms with E-state index in [-0.39, 0.29) is 11.1 Å². The Morgan fingerprint density at radius 3 is 2.89 bits per heavy atom. The molecule has 1 aromatic carbocycles. The second-order valence-corrected chi connectivity index (χ2v) is 10.5. The van der Waals surface area contributed by atoms with Crippen LogP contribution in [0.4, 0.5) is 0 Å². The minimum atomic E-state index is -0.250. The Morgan fingerprint density at radius 1 is 1.17 bits per heavy atom. The molecule has 0 saturated heterocycles. The van der Waals surface area contributed by atoms with Crippen LogP contribution in [0.2, 0.25) is 0 Å². The Labute approximate surface area is 215 Å². The van der Waals surface area contributed by atoms with Crippen LogP contribution in [0.1, 0.15) is 67.6 Å². The number of allylic oxidation sites excluding steroid dienone is 2. The number of nitrogens with one attached hydrogen (secondary N) is 1. The van der Waals surface area contributed by atoms with E-state index in [4.69, 9.17) is 9.72 Å². The van der Waals surface area contributed by atoms with Crippen LogP contribution in [-0.4, -0.2) is 45.1 Å². The fourth-order valence-electron chi connectivity index (χ4n) is 5.03. The van der Waals surface area contributed by atoms with E-state index in [0.717, 1.165) is 73.5 Å². The highest BCUT2D eigenvalue weighted by molar-refractivity contribution is 7.08. The van der Waals surface area contributed by atoms with Crippen molar-refractivity contribution in [1.29, 1.82) is 0 Å². The monoisotopic (exact) mass is 506 g/mol. The molecule has 0 fully saturated rings. The number of benzene rings is 1. The topological polar surface area (TPSA) is 80.2 Å². The minimum absolute atomic E-state index is 0.0120. The third-order valence-electron chi connectivity index (χ3n) is 6.98. The Bertz CT molecular complexity index is 1430. The van der Waals surface area contributed by atoms with Crippen molar-refractivity contribution in [3.8, 4) is 5.75 Å². The first kappa shape index (κ1) is 24.7. The highest BCUT2D eigenvalue weighted by Crippen LogP contribution is 2.33. The summed E-state index contributed by atoms with van der Waals surface area (Å²) in [5, 5.41) is 0. The molecule has 36 heavy (non-hydrogen) atoms. The summed E-state index contributed by atoms with van der Waals surface area (Å²) < 4.78 is 8.22. The summed E-state index contributed by atoms with van der Waals surface area (Å²) in [5.41, 5.74) is 3.97. The minimum Gasteiger partial charge on any atom is -0.491 e. The zero-order valence-corrected chi connectivity index (χ0v) is 22.0. The van der Waals surface area contributed by atoms with Crippen molar-refractivity contribution in [3.05, 3.63) is 66.7 Å². The number of aromatic amines is 1. The molecule has 0 atom stereocenters. The van der Waals surface area contributed by atoms with E-state index < -0.39 is 0 Å². The standard InChI is InChI=1S/C28H34N4O3S/c1-3-15-31(4-2)17-14-19-12-13-22-24-25(19)35-18-9-5-8-16-32-28(34)21-11-7-6-10-20(26(21)36-32)23(30-24)27(33)29-22/h7,10-13H,3-6,8-9,14-18H2,1-2H3,(H,29,33). The number of H-pyrrole nitrogens is 1. The number of rotatable bonds is 6. The Kier molecular flexibility index (Phi) is 7.53. The van der Waals surface area contributed by atoms with Crippen molar-refractivity contribution < 1.29 is 4.74 Å². The average Bonchev–Trinajstić information content (AvgIpc) is 3.04. The van der Waals surface area contributed by atoms with E-state index in [1.807, 2.05) is 28.3 Å². The van der Waals surface area contributed by atoms with Crippen molar-refractivity contribution >= 4 is 34.2 Å². The van der Waals surface area contributed by atoms with Crippen LogP contribution >= 0.6 is 11.5 Å².